The van der Waals surface area contributed by atoms with Gasteiger partial charge in [0.2, 0.25) is 0 Å². The van der Waals surface area contributed by atoms with E-state index in [2.05, 4.69) is 19.6 Å². The fraction of sp³-hybridized carbons (Fsp3) is 0.267. The Kier molecular flexibility index (Phi) is 4.73. The van der Waals surface area contributed by atoms with Crippen molar-refractivity contribution >= 4 is 11.3 Å². The summed E-state index contributed by atoms with van der Waals surface area (Å²) < 4.78 is 38.3. The Labute approximate surface area is 134 Å². The van der Waals surface area contributed by atoms with Crippen LogP contribution in [-0.2, 0) is 23.7 Å². The molecule has 0 fully saturated rings. The van der Waals surface area contributed by atoms with Gasteiger partial charge in [0.05, 0.1) is 13.2 Å². The number of alkyl halides is 2. The summed E-state index contributed by atoms with van der Waals surface area (Å²) in [5, 5.41) is 4.67. The molecule has 0 unspecified atom stereocenters. The highest BCUT2D eigenvalue weighted by Crippen LogP contribution is 2.35. The lowest BCUT2D eigenvalue weighted by Crippen LogP contribution is -2.15. The van der Waals surface area contributed by atoms with Gasteiger partial charge in [-0.05, 0) is 5.56 Å². The van der Waals surface area contributed by atoms with Crippen LogP contribution in [0.3, 0.4) is 0 Å². The SMILES string of the molecule is FC(F)(c1nc(CCOCc2ccccc2)no1)c1nccs1. The molecule has 23 heavy (non-hydrogen) atoms. The zero-order valence-corrected chi connectivity index (χ0v) is 12.8. The second kappa shape index (κ2) is 6.93. The minimum absolute atomic E-state index is 0.185. The highest BCUT2D eigenvalue weighted by molar-refractivity contribution is 7.09. The van der Waals surface area contributed by atoms with Crippen molar-refractivity contribution in [3.8, 4) is 0 Å². The van der Waals surface area contributed by atoms with Gasteiger partial charge in [0, 0.05) is 18.0 Å². The monoisotopic (exact) mass is 337 g/mol. The number of benzene rings is 1. The standard InChI is InChI=1S/C15H13F2N3O2S/c16-15(17,14-18-7-9-23-14)13-19-12(20-22-13)6-8-21-10-11-4-2-1-3-5-11/h1-5,7,9H,6,8,10H2. The first-order chi connectivity index (χ1) is 11.2. The Morgan fingerprint density at radius 2 is 2.04 bits per heavy atom. The van der Waals surface area contributed by atoms with Crippen LogP contribution in [0, 0.1) is 0 Å². The number of rotatable bonds is 7. The summed E-state index contributed by atoms with van der Waals surface area (Å²) in [6.07, 6.45) is 1.60. The first kappa shape index (κ1) is 15.7. The molecule has 8 heteroatoms. The van der Waals surface area contributed by atoms with Crippen LogP contribution in [0.5, 0.6) is 0 Å². The normalized spacial score (nSPS) is 11.7. The summed E-state index contributed by atoms with van der Waals surface area (Å²) in [5.74, 6) is -3.93. The zero-order chi connectivity index (χ0) is 16.1. The number of nitrogens with zero attached hydrogens (tertiary/aromatic N) is 3. The molecular weight excluding hydrogens is 324 g/mol. The third-order valence-corrected chi connectivity index (χ3v) is 3.86. The van der Waals surface area contributed by atoms with Crippen molar-refractivity contribution in [1.82, 2.24) is 15.1 Å². The Bertz CT molecular complexity index is 732. The molecule has 2 heterocycles. The third kappa shape index (κ3) is 3.77. The molecule has 3 rings (SSSR count). The fourth-order valence-corrected chi connectivity index (χ4v) is 2.49. The van der Waals surface area contributed by atoms with Gasteiger partial charge < -0.3 is 9.26 Å². The van der Waals surface area contributed by atoms with Crippen LogP contribution in [0.1, 0.15) is 22.3 Å². The van der Waals surface area contributed by atoms with Crippen LogP contribution in [0.25, 0.3) is 0 Å². The maximum Gasteiger partial charge on any atom is 0.375 e. The highest BCUT2D eigenvalue weighted by atomic mass is 32.1. The number of hydrogen-bond acceptors (Lipinski definition) is 6. The van der Waals surface area contributed by atoms with E-state index in [1.54, 1.807) is 0 Å². The molecule has 0 saturated heterocycles. The second-order valence-corrected chi connectivity index (χ2v) is 5.61. The van der Waals surface area contributed by atoms with Crippen molar-refractivity contribution < 1.29 is 18.0 Å². The Morgan fingerprint density at radius 3 is 2.78 bits per heavy atom. The molecule has 0 saturated carbocycles. The highest BCUT2D eigenvalue weighted by Gasteiger charge is 2.43. The van der Waals surface area contributed by atoms with Crippen LogP contribution >= 0.6 is 11.3 Å². The molecule has 0 bridgehead atoms. The quantitative estimate of drug-likeness (QED) is 0.618. The van der Waals surface area contributed by atoms with Gasteiger partial charge in [0.1, 0.15) is 0 Å². The van der Waals surface area contributed by atoms with Gasteiger partial charge in [-0.25, -0.2) is 4.98 Å². The number of ether oxygens (including phenoxy) is 1. The van der Waals surface area contributed by atoms with Gasteiger partial charge >= 0.3 is 11.8 Å². The maximum absolute atomic E-state index is 14.1. The molecule has 0 radical (unpaired) electrons. The van der Waals surface area contributed by atoms with E-state index in [0.29, 0.717) is 19.6 Å². The minimum Gasteiger partial charge on any atom is -0.376 e. The molecule has 0 aliphatic heterocycles. The average Bonchev–Trinajstić information content (AvgIpc) is 3.24. The molecular formula is C15H13F2N3O2S. The predicted octanol–water partition coefficient (Wildman–Crippen LogP) is 3.43. The first-order valence-electron chi connectivity index (χ1n) is 6.89. The van der Waals surface area contributed by atoms with E-state index >= 15 is 0 Å². The van der Waals surface area contributed by atoms with Crippen molar-refractivity contribution in [3.63, 3.8) is 0 Å². The summed E-state index contributed by atoms with van der Waals surface area (Å²) in [4.78, 5) is 7.34. The number of thiazole rings is 1. The fourth-order valence-electron chi connectivity index (χ4n) is 1.88. The molecule has 2 aromatic heterocycles. The van der Waals surface area contributed by atoms with E-state index in [9.17, 15) is 8.78 Å². The molecule has 0 spiro atoms. The van der Waals surface area contributed by atoms with Crippen molar-refractivity contribution in [3.05, 3.63) is 64.2 Å². The van der Waals surface area contributed by atoms with Crippen LogP contribution in [-0.4, -0.2) is 21.7 Å². The smallest absolute Gasteiger partial charge is 0.375 e. The van der Waals surface area contributed by atoms with E-state index < -0.39 is 11.8 Å². The van der Waals surface area contributed by atoms with Crippen LogP contribution in [0.4, 0.5) is 8.78 Å². The lowest BCUT2D eigenvalue weighted by Gasteiger charge is -2.06. The molecule has 0 aliphatic rings. The van der Waals surface area contributed by atoms with Crippen molar-refractivity contribution in [2.24, 2.45) is 0 Å². The number of aromatic nitrogens is 3. The molecule has 1 aromatic carbocycles. The van der Waals surface area contributed by atoms with Gasteiger partial charge in [-0.2, -0.15) is 13.8 Å². The Morgan fingerprint density at radius 1 is 1.22 bits per heavy atom. The van der Waals surface area contributed by atoms with E-state index in [0.717, 1.165) is 16.9 Å². The molecule has 0 amide bonds. The lowest BCUT2D eigenvalue weighted by molar-refractivity contribution is 0.00741. The first-order valence-corrected chi connectivity index (χ1v) is 7.77. The summed E-state index contributed by atoms with van der Waals surface area (Å²) in [7, 11) is 0. The molecule has 3 aromatic rings. The summed E-state index contributed by atoms with van der Waals surface area (Å²) >= 11 is 0.839. The van der Waals surface area contributed by atoms with Crippen molar-refractivity contribution in [1.29, 1.82) is 0 Å². The second-order valence-electron chi connectivity index (χ2n) is 4.72. The van der Waals surface area contributed by atoms with E-state index in [1.165, 1.54) is 11.6 Å². The number of hydrogen-bond donors (Lipinski definition) is 0. The van der Waals surface area contributed by atoms with E-state index in [-0.39, 0.29) is 10.8 Å². The van der Waals surface area contributed by atoms with Gasteiger partial charge in [-0.1, -0.05) is 35.5 Å². The van der Waals surface area contributed by atoms with E-state index in [1.807, 2.05) is 30.3 Å². The van der Waals surface area contributed by atoms with Gasteiger partial charge in [0.25, 0.3) is 0 Å². The predicted molar refractivity (Wildman–Crippen MR) is 79.2 cm³/mol. The van der Waals surface area contributed by atoms with Crippen LogP contribution in [0.2, 0.25) is 0 Å². The topological polar surface area (TPSA) is 61.0 Å². The van der Waals surface area contributed by atoms with Crippen molar-refractivity contribution in [2.45, 2.75) is 19.0 Å². The lowest BCUT2D eigenvalue weighted by atomic mass is 10.2. The molecule has 0 aliphatic carbocycles. The van der Waals surface area contributed by atoms with Crippen molar-refractivity contribution in [2.75, 3.05) is 6.61 Å². The Balaban J connectivity index is 1.53. The maximum atomic E-state index is 14.1. The largest absolute Gasteiger partial charge is 0.376 e. The molecule has 5 nitrogen and oxygen atoms in total. The average molecular weight is 337 g/mol. The van der Waals surface area contributed by atoms with Gasteiger partial charge in [-0.15, -0.1) is 11.3 Å². The minimum atomic E-state index is -3.37. The van der Waals surface area contributed by atoms with Crippen LogP contribution in [0.15, 0.2) is 46.4 Å². The third-order valence-electron chi connectivity index (χ3n) is 3.02. The van der Waals surface area contributed by atoms with Gasteiger partial charge in [0.15, 0.2) is 10.8 Å². The molecule has 0 N–H and O–H groups in total. The van der Waals surface area contributed by atoms with E-state index in [4.69, 9.17) is 4.74 Å². The summed E-state index contributed by atoms with van der Waals surface area (Å²) in [6.45, 7) is 0.761. The summed E-state index contributed by atoms with van der Waals surface area (Å²) in [6, 6.07) is 9.66. The molecule has 120 valence electrons. The van der Waals surface area contributed by atoms with Crippen LogP contribution < -0.4 is 0 Å². The zero-order valence-electron chi connectivity index (χ0n) is 12.0. The number of halogens is 2. The van der Waals surface area contributed by atoms with Gasteiger partial charge in [-0.3, -0.25) is 0 Å². The summed E-state index contributed by atoms with van der Waals surface area (Å²) in [5.41, 5.74) is 1.04. The molecule has 0 atom stereocenters. The Hall–Kier alpha value is -2.19.